The molecule has 0 aliphatic heterocycles. The molecule has 0 spiro atoms. The third-order valence-corrected chi connectivity index (χ3v) is 3.69. The molecule has 0 saturated heterocycles. The van der Waals surface area contributed by atoms with Crippen LogP contribution in [-0.2, 0) is 29.3 Å². The second kappa shape index (κ2) is 6.52. The summed E-state index contributed by atoms with van der Waals surface area (Å²) in [5.41, 5.74) is 0. The summed E-state index contributed by atoms with van der Waals surface area (Å²) in [6.07, 6.45) is 0. The Kier molecular flexibility index (Phi) is 6.07. The molecule has 0 fully saturated rings. The Bertz CT molecular complexity index is 359. The number of methoxy groups -OCH3 is 2. The van der Waals surface area contributed by atoms with Crippen LogP contribution in [0.15, 0.2) is 0 Å². The first-order chi connectivity index (χ1) is 7.75. The van der Waals surface area contributed by atoms with Crippen LogP contribution >= 0.6 is 0 Å². The lowest BCUT2D eigenvalue weighted by Gasteiger charge is -2.23. The van der Waals surface area contributed by atoms with Crippen LogP contribution in [0.2, 0.25) is 0 Å². The summed E-state index contributed by atoms with van der Waals surface area (Å²) in [6.45, 7) is -1.10. The Hall–Kier alpha value is -1.19. The largest absolute Gasteiger partial charge is 0.468 e. The summed E-state index contributed by atoms with van der Waals surface area (Å²) in [7, 11) is 0.945. The molecule has 9 heteroatoms. The van der Waals surface area contributed by atoms with Gasteiger partial charge in [0.25, 0.3) is 10.2 Å². The Morgan fingerprint density at radius 2 is 1.35 bits per heavy atom. The average Bonchev–Trinajstić information content (AvgIpc) is 2.27. The fourth-order valence-corrected chi connectivity index (χ4v) is 1.87. The van der Waals surface area contributed by atoms with E-state index in [-0.39, 0.29) is 0 Å². The second-order valence-corrected chi connectivity index (χ2v) is 5.35. The van der Waals surface area contributed by atoms with Crippen LogP contribution in [0.3, 0.4) is 0 Å². The Morgan fingerprint density at radius 3 is 1.59 bits per heavy atom. The van der Waals surface area contributed by atoms with Crippen molar-refractivity contribution in [3.05, 3.63) is 0 Å². The molecule has 100 valence electrons. The predicted octanol–water partition coefficient (Wildman–Crippen LogP) is -1.56. The van der Waals surface area contributed by atoms with Crippen molar-refractivity contribution in [1.82, 2.24) is 8.61 Å². The van der Waals surface area contributed by atoms with Gasteiger partial charge in [-0.05, 0) is 0 Å². The van der Waals surface area contributed by atoms with Crippen molar-refractivity contribution in [1.29, 1.82) is 0 Å². The van der Waals surface area contributed by atoms with Crippen LogP contribution in [0, 0.1) is 0 Å². The highest BCUT2D eigenvalue weighted by Gasteiger charge is 2.29. The first-order valence-corrected chi connectivity index (χ1v) is 5.96. The summed E-state index contributed by atoms with van der Waals surface area (Å²) >= 11 is 0. The number of carbonyl (C=O) groups is 2. The van der Waals surface area contributed by atoms with Gasteiger partial charge in [-0.2, -0.15) is 17.0 Å². The number of rotatable bonds is 6. The summed E-state index contributed by atoms with van der Waals surface area (Å²) in [4.78, 5) is 22.1. The Balaban J connectivity index is 4.98. The van der Waals surface area contributed by atoms with E-state index in [1.54, 1.807) is 0 Å². The molecule has 0 aliphatic carbocycles. The minimum Gasteiger partial charge on any atom is -0.468 e. The molecule has 0 rings (SSSR count). The van der Waals surface area contributed by atoms with E-state index in [1.165, 1.54) is 14.1 Å². The first kappa shape index (κ1) is 15.8. The number of carbonyl (C=O) groups excluding carboxylic acids is 2. The Labute approximate surface area is 100 Å². The molecule has 0 unspecified atom stereocenters. The predicted molar refractivity (Wildman–Crippen MR) is 58.2 cm³/mol. The molecule has 0 heterocycles. The van der Waals surface area contributed by atoms with E-state index in [0.29, 0.717) is 4.31 Å². The number of esters is 2. The molecule has 0 aromatic carbocycles. The molecule has 0 amide bonds. The lowest BCUT2D eigenvalue weighted by atomic mass is 10.6. The SMILES string of the molecule is COC(=O)CN(CC(=O)OC)S(=O)(=O)N(C)C. The monoisotopic (exact) mass is 268 g/mol. The summed E-state index contributed by atoms with van der Waals surface area (Å²) in [6, 6.07) is 0. The van der Waals surface area contributed by atoms with E-state index < -0.39 is 35.2 Å². The molecular weight excluding hydrogens is 252 g/mol. The molecule has 0 aromatic rings. The van der Waals surface area contributed by atoms with Crippen LogP contribution in [0.4, 0.5) is 0 Å². The zero-order chi connectivity index (χ0) is 13.6. The topological polar surface area (TPSA) is 93.2 Å². The molecule has 0 radical (unpaired) electrons. The van der Waals surface area contributed by atoms with Crippen LogP contribution in [0.1, 0.15) is 0 Å². The number of ether oxygens (including phenoxy) is 2. The van der Waals surface area contributed by atoms with Crippen molar-refractivity contribution in [3.8, 4) is 0 Å². The minimum atomic E-state index is -3.88. The summed E-state index contributed by atoms with van der Waals surface area (Å²) < 4.78 is 33.8. The highest BCUT2D eigenvalue weighted by molar-refractivity contribution is 7.86. The van der Waals surface area contributed by atoms with Crippen LogP contribution < -0.4 is 0 Å². The van der Waals surface area contributed by atoms with Gasteiger partial charge in [0.15, 0.2) is 0 Å². The smallest absolute Gasteiger partial charge is 0.321 e. The molecule has 8 nitrogen and oxygen atoms in total. The molecule has 0 aromatic heterocycles. The maximum Gasteiger partial charge on any atom is 0.321 e. The van der Waals surface area contributed by atoms with Crippen molar-refractivity contribution in [2.24, 2.45) is 0 Å². The average molecular weight is 268 g/mol. The van der Waals surface area contributed by atoms with Gasteiger partial charge in [0.2, 0.25) is 0 Å². The lowest BCUT2D eigenvalue weighted by molar-refractivity contribution is -0.143. The fourth-order valence-electron chi connectivity index (χ4n) is 0.867. The number of hydrogen-bond acceptors (Lipinski definition) is 6. The highest BCUT2D eigenvalue weighted by Crippen LogP contribution is 2.04. The van der Waals surface area contributed by atoms with E-state index >= 15 is 0 Å². The van der Waals surface area contributed by atoms with Gasteiger partial charge in [0, 0.05) is 14.1 Å². The standard InChI is InChI=1S/C8H16N2O6S/c1-9(2)17(13,14)10(5-7(11)15-3)6-8(12)16-4/h5-6H2,1-4H3. The lowest BCUT2D eigenvalue weighted by Crippen LogP contribution is -2.45. The normalized spacial score (nSPS) is 11.6. The van der Waals surface area contributed by atoms with E-state index in [9.17, 15) is 18.0 Å². The van der Waals surface area contributed by atoms with Gasteiger partial charge in [0.05, 0.1) is 14.2 Å². The van der Waals surface area contributed by atoms with Gasteiger partial charge in [-0.25, -0.2) is 0 Å². The van der Waals surface area contributed by atoms with Crippen molar-refractivity contribution in [2.45, 2.75) is 0 Å². The molecule has 0 saturated carbocycles. The minimum absolute atomic E-state index is 0.549. The fraction of sp³-hybridized carbons (Fsp3) is 0.750. The quantitative estimate of drug-likeness (QED) is 0.541. The maximum absolute atomic E-state index is 11.8. The Morgan fingerprint density at radius 1 is 1.00 bits per heavy atom. The van der Waals surface area contributed by atoms with Gasteiger partial charge in [-0.3, -0.25) is 9.59 Å². The van der Waals surface area contributed by atoms with Crippen molar-refractivity contribution in [2.75, 3.05) is 41.4 Å². The van der Waals surface area contributed by atoms with E-state index in [2.05, 4.69) is 9.47 Å². The van der Waals surface area contributed by atoms with Crippen LogP contribution in [0.25, 0.3) is 0 Å². The van der Waals surface area contributed by atoms with Crippen LogP contribution in [0.5, 0.6) is 0 Å². The van der Waals surface area contributed by atoms with Gasteiger partial charge in [0.1, 0.15) is 13.1 Å². The summed E-state index contributed by atoms with van der Waals surface area (Å²) in [5, 5.41) is 0. The molecular formula is C8H16N2O6S. The number of hydrogen-bond donors (Lipinski definition) is 0. The number of nitrogens with zero attached hydrogens (tertiary/aromatic N) is 2. The zero-order valence-electron chi connectivity index (χ0n) is 10.2. The van der Waals surface area contributed by atoms with Gasteiger partial charge < -0.3 is 9.47 Å². The van der Waals surface area contributed by atoms with Crippen molar-refractivity contribution >= 4 is 22.1 Å². The van der Waals surface area contributed by atoms with E-state index in [1.807, 2.05) is 0 Å². The van der Waals surface area contributed by atoms with Gasteiger partial charge in [-0.1, -0.05) is 0 Å². The first-order valence-electron chi connectivity index (χ1n) is 4.57. The molecule has 0 atom stereocenters. The van der Waals surface area contributed by atoms with Gasteiger partial charge >= 0.3 is 11.9 Å². The zero-order valence-corrected chi connectivity index (χ0v) is 11.0. The maximum atomic E-state index is 11.8. The van der Waals surface area contributed by atoms with Crippen molar-refractivity contribution in [3.63, 3.8) is 0 Å². The van der Waals surface area contributed by atoms with Crippen LogP contribution in [-0.4, -0.2) is 70.4 Å². The molecule has 0 aliphatic rings. The third kappa shape index (κ3) is 4.67. The highest BCUT2D eigenvalue weighted by atomic mass is 32.2. The summed E-state index contributed by atoms with van der Waals surface area (Å²) in [5.74, 6) is -1.53. The van der Waals surface area contributed by atoms with E-state index in [4.69, 9.17) is 0 Å². The third-order valence-electron chi connectivity index (χ3n) is 1.85. The second-order valence-electron chi connectivity index (χ2n) is 3.21. The molecule has 17 heavy (non-hydrogen) atoms. The molecule has 0 N–H and O–H groups in total. The van der Waals surface area contributed by atoms with Gasteiger partial charge in [-0.15, -0.1) is 0 Å². The molecule has 0 bridgehead atoms. The van der Waals surface area contributed by atoms with E-state index in [0.717, 1.165) is 18.5 Å². The van der Waals surface area contributed by atoms with Crippen molar-refractivity contribution < 1.29 is 27.5 Å².